The number of hydrogen-bond acceptors (Lipinski definition) is 4. The van der Waals surface area contributed by atoms with Crippen LogP contribution < -0.4 is 10.5 Å². The Balaban J connectivity index is 2.07. The van der Waals surface area contributed by atoms with Crippen LogP contribution in [0, 0.1) is 0 Å². The highest BCUT2D eigenvalue weighted by Gasteiger charge is 2.23. The molecule has 1 aliphatic rings. The van der Waals surface area contributed by atoms with Gasteiger partial charge in [0.05, 0.1) is 4.90 Å². The fourth-order valence-corrected chi connectivity index (χ4v) is 3.57. The highest BCUT2D eigenvalue weighted by Crippen LogP contribution is 2.23. The largest absolute Gasteiger partial charge is 0.398 e. The third-order valence-electron chi connectivity index (χ3n) is 3.46. The van der Waals surface area contributed by atoms with Crippen LogP contribution in [0.4, 0.5) is 5.69 Å². The number of benzene rings is 1. The first-order chi connectivity index (χ1) is 8.90. The van der Waals surface area contributed by atoms with Crippen LogP contribution in [0.3, 0.4) is 0 Å². The van der Waals surface area contributed by atoms with Crippen molar-refractivity contribution < 1.29 is 8.42 Å². The van der Waals surface area contributed by atoms with E-state index in [1.165, 1.54) is 6.07 Å². The number of likely N-dealkylation sites (tertiary alicyclic amines) is 1. The van der Waals surface area contributed by atoms with E-state index in [1.54, 1.807) is 12.1 Å². The molecule has 1 aliphatic heterocycles. The topological polar surface area (TPSA) is 75.4 Å². The molecule has 1 saturated heterocycles. The van der Waals surface area contributed by atoms with Crippen LogP contribution in [0.15, 0.2) is 27.6 Å². The molecule has 7 heteroatoms. The summed E-state index contributed by atoms with van der Waals surface area (Å²) < 4.78 is 27.7. The van der Waals surface area contributed by atoms with E-state index in [2.05, 4.69) is 25.6 Å². The summed E-state index contributed by atoms with van der Waals surface area (Å²) >= 11 is 3.25. The van der Waals surface area contributed by atoms with Crippen molar-refractivity contribution in [3.8, 4) is 0 Å². The van der Waals surface area contributed by atoms with Crippen molar-refractivity contribution in [3.05, 3.63) is 22.7 Å². The number of nitrogens with one attached hydrogen (secondary N) is 1. The minimum absolute atomic E-state index is 0.203. The van der Waals surface area contributed by atoms with Crippen LogP contribution in [0.2, 0.25) is 0 Å². The van der Waals surface area contributed by atoms with Gasteiger partial charge in [-0.05, 0) is 60.6 Å². The maximum absolute atomic E-state index is 12.2. The number of hydrogen-bond donors (Lipinski definition) is 2. The third-order valence-corrected chi connectivity index (χ3v) is 5.60. The van der Waals surface area contributed by atoms with Crippen molar-refractivity contribution in [2.45, 2.75) is 23.8 Å². The Morgan fingerprint density at radius 2 is 2.26 bits per heavy atom. The van der Waals surface area contributed by atoms with Gasteiger partial charge in [-0.2, -0.15) is 0 Å². The van der Waals surface area contributed by atoms with Gasteiger partial charge in [-0.15, -0.1) is 0 Å². The Morgan fingerprint density at radius 3 is 2.84 bits per heavy atom. The van der Waals surface area contributed by atoms with Crippen molar-refractivity contribution in [1.82, 2.24) is 9.62 Å². The van der Waals surface area contributed by atoms with E-state index in [9.17, 15) is 8.42 Å². The first kappa shape index (κ1) is 14.8. The molecule has 0 saturated carbocycles. The van der Waals surface area contributed by atoms with E-state index in [-0.39, 0.29) is 10.9 Å². The van der Waals surface area contributed by atoms with Crippen molar-refractivity contribution in [2.75, 3.05) is 25.9 Å². The summed E-state index contributed by atoms with van der Waals surface area (Å²) in [6, 6.07) is 4.93. The van der Waals surface area contributed by atoms with Gasteiger partial charge in [0.15, 0.2) is 0 Å². The van der Waals surface area contributed by atoms with E-state index in [4.69, 9.17) is 5.73 Å². The van der Waals surface area contributed by atoms with Crippen LogP contribution >= 0.6 is 15.9 Å². The first-order valence-electron chi connectivity index (χ1n) is 6.15. The van der Waals surface area contributed by atoms with Crippen molar-refractivity contribution >= 4 is 31.6 Å². The summed E-state index contributed by atoms with van der Waals surface area (Å²) in [6.45, 7) is 1.46. The zero-order chi connectivity index (χ0) is 14.0. The number of likely N-dealkylation sites (N-methyl/N-ethyl adjacent to an activating group) is 1. The Labute approximate surface area is 122 Å². The van der Waals surface area contributed by atoms with Gasteiger partial charge in [0, 0.05) is 22.7 Å². The number of rotatable bonds is 4. The van der Waals surface area contributed by atoms with Crippen molar-refractivity contribution in [2.24, 2.45) is 0 Å². The summed E-state index contributed by atoms with van der Waals surface area (Å²) in [7, 11) is -1.47. The zero-order valence-electron chi connectivity index (χ0n) is 10.8. The normalized spacial score (nSPS) is 20.8. The molecule has 5 nitrogen and oxygen atoms in total. The second-order valence-electron chi connectivity index (χ2n) is 4.81. The van der Waals surface area contributed by atoms with Gasteiger partial charge in [-0.1, -0.05) is 0 Å². The summed E-state index contributed by atoms with van der Waals surface area (Å²) in [6.07, 6.45) is 2.15. The zero-order valence-corrected chi connectivity index (χ0v) is 13.2. The van der Waals surface area contributed by atoms with E-state index in [0.717, 1.165) is 19.4 Å². The van der Waals surface area contributed by atoms with Gasteiger partial charge in [0.25, 0.3) is 0 Å². The van der Waals surface area contributed by atoms with E-state index in [0.29, 0.717) is 16.7 Å². The summed E-state index contributed by atoms with van der Waals surface area (Å²) in [5.41, 5.74) is 6.13. The molecule has 1 aromatic rings. The minimum Gasteiger partial charge on any atom is -0.398 e. The molecule has 1 fully saturated rings. The monoisotopic (exact) mass is 347 g/mol. The maximum atomic E-state index is 12.2. The number of halogens is 1. The first-order valence-corrected chi connectivity index (χ1v) is 8.43. The average molecular weight is 348 g/mol. The lowest BCUT2D eigenvalue weighted by Gasteiger charge is -2.19. The lowest BCUT2D eigenvalue weighted by Crippen LogP contribution is -2.38. The predicted molar refractivity (Wildman–Crippen MR) is 79.4 cm³/mol. The Bertz CT molecular complexity index is 562. The minimum atomic E-state index is -3.49. The molecule has 0 spiro atoms. The van der Waals surface area contributed by atoms with Gasteiger partial charge in [0.2, 0.25) is 10.0 Å². The molecule has 0 aromatic heterocycles. The van der Waals surface area contributed by atoms with E-state index >= 15 is 0 Å². The predicted octanol–water partition coefficient (Wildman–Crippen LogP) is 1.40. The van der Waals surface area contributed by atoms with E-state index in [1.807, 2.05) is 7.05 Å². The lowest BCUT2D eigenvalue weighted by atomic mass is 10.2. The van der Waals surface area contributed by atoms with Crippen LogP contribution in [0.25, 0.3) is 0 Å². The highest BCUT2D eigenvalue weighted by molar-refractivity contribution is 9.10. The second-order valence-corrected chi connectivity index (χ2v) is 7.43. The molecular formula is C12H18BrN3O2S. The van der Waals surface area contributed by atoms with Crippen LogP contribution in [-0.2, 0) is 10.0 Å². The lowest BCUT2D eigenvalue weighted by molar-refractivity contribution is 0.311. The Kier molecular flexibility index (Phi) is 4.50. The smallest absolute Gasteiger partial charge is 0.240 e. The third kappa shape index (κ3) is 3.47. The Hall–Kier alpha value is -0.630. The van der Waals surface area contributed by atoms with Crippen molar-refractivity contribution in [1.29, 1.82) is 0 Å². The summed E-state index contributed by atoms with van der Waals surface area (Å²) in [5, 5.41) is 0. The number of sulfonamides is 1. The van der Waals surface area contributed by atoms with Gasteiger partial charge < -0.3 is 10.6 Å². The van der Waals surface area contributed by atoms with Gasteiger partial charge in [-0.3, -0.25) is 0 Å². The highest BCUT2D eigenvalue weighted by atomic mass is 79.9. The molecule has 3 N–H and O–H groups in total. The number of nitrogens with zero attached hydrogens (tertiary/aromatic N) is 1. The molecule has 0 amide bonds. The quantitative estimate of drug-likeness (QED) is 0.807. The summed E-state index contributed by atoms with van der Waals surface area (Å²) in [4.78, 5) is 2.38. The second kappa shape index (κ2) is 5.78. The fraction of sp³-hybridized carbons (Fsp3) is 0.500. The maximum Gasteiger partial charge on any atom is 0.240 e. The number of nitrogens with two attached hydrogens (primary N) is 1. The van der Waals surface area contributed by atoms with Crippen LogP contribution in [-0.4, -0.2) is 39.5 Å². The molecule has 2 rings (SSSR count). The molecule has 1 atom stereocenters. The van der Waals surface area contributed by atoms with Gasteiger partial charge >= 0.3 is 0 Å². The number of anilines is 1. The molecule has 0 aliphatic carbocycles. The average Bonchev–Trinajstić information content (AvgIpc) is 2.76. The molecule has 0 bridgehead atoms. The SMILES string of the molecule is CN1CCCC1CNS(=O)(=O)c1ccc(Br)c(N)c1. The molecular weight excluding hydrogens is 330 g/mol. The standard InChI is InChI=1S/C12H18BrN3O2S/c1-16-6-2-3-9(16)8-15-19(17,18)10-4-5-11(13)12(14)7-10/h4-5,7,9,15H,2-3,6,8,14H2,1H3. The van der Waals surface area contributed by atoms with Crippen LogP contribution in [0.5, 0.6) is 0 Å². The number of nitrogen functional groups attached to an aromatic ring is 1. The fourth-order valence-electron chi connectivity index (χ4n) is 2.22. The molecule has 0 radical (unpaired) electrons. The van der Waals surface area contributed by atoms with Gasteiger partial charge in [0.1, 0.15) is 0 Å². The molecule has 1 unspecified atom stereocenters. The Morgan fingerprint density at radius 1 is 1.53 bits per heavy atom. The summed E-state index contributed by atoms with van der Waals surface area (Å²) in [5.74, 6) is 0. The molecule has 1 aromatic carbocycles. The molecule has 19 heavy (non-hydrogen) atoms. The van der Waals surface area contributed by atoms with Crippen LogP contribution in [0.1, 0.15) is 12.8 Å². The van der Waals surface area contributed by atoms with Crippen molar-refractivity contribution in [3.63, 3.8) is 0 Å². The molecule has 1 heterocycles. The molecule has 106 valence electrons. The van der Waals surface area contributed by atoms with Gasteiger partial charge in [-0.25, -0.2) is 13.1 Å². The van der Waals surface area contributed by atoms with E-state index < -0.39 is 10.0 Å².